The third-order valence-corrected chi connectivity index (χ3v) is 3.96. The summed E-state index contributed by atoms with van der Waals surface area (Å²) >= 11 is 0. The molecule has 4 rings (SSSR count). The Morgan fingerprint density at radius 2 is 1.20 bits per heavy atom. The summed E-state index contributed by atoms with van der Waals surface area (Å²) in [6, 6.07) is 14.1. The summed E-state index contributed by atoms with van der Waals surface area (Å²) in [7, 11) is 0. The van der Waals surface area contributed by atoms with Crippen LogP contribution in [0.5, 0.6) is 0 Å². The summed E-state index contributed by atoms with van der Waals surface area (Å²) in [5, 5.41) is 1.82. The van der Waals surface area contributed by atoms with Crippen molar-refractivity contribution in [2.24, 2.45) is 0 Å². The first-order valence-corrected chi connectivity index (χ1v) is 7.69. The third kappa shape index (κ3) is 2.97. The minimum Gasteiger partial charge on any atom is -0.424 e. The fourth-order valence-electron chi connectivity index (χ4n) is 2.66. The topological polar surface area (TPSA) is 84.2 Å². The molecule has 6 nitrogen and oxygen atoms in total. The van der Waals surface area contributed by atoms with Gasteiger partial charge in [0, 0.05) is 34.2 Å². The number of carbonyl (C=O) groups excluding carboxylic acids is 2. The predicted octanol–water partition coefficient (Wildman–Crippen LogP) is 3.62. The fraction of sp³-hybridized carbons (Fsp3) is 0.0526. The molecule has 4 aromatic rings. The average molecular weight is 334 g/mol. The first-order chi connectivity index (χ1) is 12.2. The van der Waals surface area contributed by atoms with E-state index in [0.29, 0.717) is 11.1 Å². The second-order valence-corrected chi connectivity index (χ2v) is 5.54. The lowest BCUT2D eigenvalue weighted by atomic mass is 10.1. The van der Waals surface area contributed by atoms with Gasteiger partial charge in [0.15, 0.2) is 0 Å². The van der Waals surface area contributed by atoms with Crippen molar-refractivity contribution in [2.45, 2.75) is 0 Å². The molecule has 2 N–H and O–H groups in total. The number of aromatic nitrogens is 2. The van der Waals surface area contributed by atoms with Gasteiger partial charge in [-0.15, -0.1) is 0 Å². The highest BCUT2D eigenvalue weighted by Crippen LogP contribution is 2.16. The van der Waals surface area contributed by atoms with Crippen LogP contribution in [0.2, 0.25) is 0 Å². The molecule has 0 radical (unpaired) electrons. The van der Waals surface area contributed by atoms with Gasteiger partial charge >= 0.3 is 11.9 Å². The molecule has 0 aliphatic heterocycles. The number of benzene rings is 2. The smallest absolute Gasteiger partial charge is 0.341 e. The van der Waals surface area contributed by atoms with Crippen LogP contribution in [-0.2, 0) is 9.47 Å². The zero-order valence-electron chi connectivity index (χ0n) is 13.1. The molecule has 0 unspecified atom stereocenters. The molecule has 124 valence electrons. The number of esters is 2. The quantitative estimate of drug-likeness (QED) is 0.441. The van der Waals surface area contributed by atoms with Gasteiger partial charge in [-0.2, -0.15) is 0 Å². The van der Waals surface area contributed by atoms with Gasteiger partial charge in [-0.05, 0) is 48.5 Å². The Labute approximate surface area is 142 Å². The van der Waals surface area contributed by atoms with Gasteiger partial charge in [0.05, 0.1) is 11.1 Å². The van der Waals surface area contributed by atoms with Gasteiger partial charge in [0.1, 0.15) is 0 Å². The van der Waals surface area contributed by atoms with Crippen LogP contribution in [-0.4, -0.2) is 28.7 Å². The van der Waals surface area contributed by atoms with E-state index in [1.165, 1.54) is 0 Å². The normalized spacial score (nSPS) is 10.9. The first kappa shape index (κ1) is 15.0. The van der Waals surface area contributed by atoms with Gasteiger partial charge in [0.25, 0.3) is 0 Å². The van der Waals surface area contributed by atoms with Crippen LogP contribution in [0.15, 0.2) is 60.9 Å². The van der Waals surface area contributed by atoms with Crippen LogP contribution in [0, 0.1) is 0 Å². The van der Waals surface area contributed by atoms with Gasteiger partial charge in [0.2, 0.25) is 6.79 Å². The standard InChI is InChI=1S/C19H14N2O4/c22-18(14-1-3-16-12(9-14)5-7-20-16)24-11-25-19(23)15-2-4-17-13(10-15)6-8-21-17/h1-10,20-21H,11H2. The van der Waals surface area contributed by atoms with E-state index in [9.17, 15) is 9.59 Å². The molecule has 0 spiro atoms. The van der Waals surface area contributed by atoms with E-state index >= 15 is 0 Å². The maximum absolute atomic E-state index is 12.0. The molecule has 2 aromatic carbocycles. The largest absolute Gasteiger partial charge is 0.424 e. The van der Waals surface area contributed by atoms with Crippen molar-refractivity contribution in [3.05, 3.63) is 72.1 Å². The van der Waals surface area contributed by atoms with Crippen molar-refractivity contribution in [3.63, 3.8) is 0 Å². The highest BCUT2D eigenvalue weighted by Gasteiger charge is 2.12. The average Bonchev–Trinajstić information content (AvgIpc) is 3.28. The Balaban J connectivity index is 1.37. The van der Waals surface area contributed by atoms with E-state index in [1.54, 1.807) is 48.8 Å². The number of rotatable bonds is 4. The molecule has 2 aromatic heterocycles. The Kier molecular flexibility index (Phi) is 3.70. The van der Waals surface area contributed by atoms with Crippen LogP contribution >= 0.6 is 0 Å². The molecule has 0 saturated heterocycles. The summed E-state index contributed by atoms with van der Waals surface area (Å²) in [5.41, 5.74) is 2.67. The number of ether oxygens (including phenoxy) is 2. The summed E-state index contributed by atoms with van der Waals surface area (Å²) in [6.07, 6.45) is 3.59. The van der Waals surface area contributed by atoms with Crippen molar-refractivity contribution in [3.8, 4) is 0 Å². The van der Waals surface area contributed by atoms with Gasteiger partial charge in [-0.1, -0.05) is 0 Å². The molecular formula is C19H14N2O4. The number of fused-ring (bicyclic) bond motifs is 2. The van der Waals surface area contributed by atoms with Crippen molar-refractivity contribution < 1.29 is 19.1 Å². The maximum Gasteiger partial charge on any atom is 0.341 e. The van der Waals surface area contributed by atoms with Crippen molar-refractivity contribution in [2.75, 3.05) is 6.79 Å². The summed E-state index contributed by atoms with van der Waals surface area (Å²) in [4.78, 5) is 30.2. The number of nitrogens with one attached hydrogen (secondary N) is 2. The summed E-state index contributed by atoms with van der Waals surface area (Å²) in [5.74, 6) is -1.09. The molecule has 2 heterocycles. The van der Waals surface area contributed by atoms with Gasteiger partial charge in [-0.25, -0.2) is 9.59 Å². The van der Waals surface area contributed by atoms with Crippen LogP contribution in [0.3, 0.4) is 0 Å². The highest BCUT2D eigenvalue weighted by atomic mass is 16.7. The molecule has 0 aliphatic rings. The monoisotopic (exact) mass is 334 g/mol. The van der Waals surface area contributed by atoms with Crippen molar-refractivity contribution in [1.29, 1.82) is 0 Å². The second kappa shape index (κ2) is 6.16. The molecule has 6 heteroatoms. The van der Waals surface area contributed by atoms with Crippen LogP contribution < -0.4 is 0 Å². The maximum atomic E-state index is 12.0. The molecule has 25 heavy (non-hydrogen) atoms. The van der Waals surface area contributed by atoms with E-state index in [0.717, 1.165) is 21.8 Å². The highest BCUT2D eigenvalue weighted by molar-refractivity contribution is 5.96. The van der Waals surface area contributed by atoms with E-state index in [4.69, 9.17) is 9.47 Å². The number of hydrogen-bond acceptors (Lipinski definition) is 4. The van der Waals surface area contributed by atoms with Crippen LogP contribution in [0.25, 0.3) is 21.8 Å². The number of aromatic amines is 2. The molecule has 0 aliphatic carbocycles. The minimum atomic E-state index is -0.544. The Morgan fingerprint density at radius 1 is 0.720 bits per heavy atom. The summed E-state index contributed by atoms with van der Waals surface area (Å²) < 4.78 is 10.0. The second-order valence-electron chi connectivity index (χ2n) is 5.54. The molecule has 0 saturated carbocycles. The number of H-pyrrole nitrogens is 2. The van der Waals surface area contributed by atoms with E-state index in [-0.39, 0.29) is 0 Å². The van der Waals surface area contributed by atoms with E-state index in [1.807, 2.05) is 12.1 Å². The lowest BCUT2D eigenvalue weighted by Gasteiger charge is -2.07. The zero-order chi connectivity index (χ0) is 17.2. The molecule has 0 bridgehead atoms. The predicted molar refractivity (Wildman–Crippen MR) is 92.3 cm³/mol. The van der Waals surface area contributed by atoms with Crippen LogP contribution in [0.1, 0.15) is 20.7 Å². The Hall–Kier alpha value is -3.54. The van der Waals surface area contributed by atoms with Crippen molar-refractivity contribution >= 4 is 33.7 Å². The van der Waals surface area contributed by atoms with Gasteiger partial charge in [-0.3, -0.25) is 0 Å². The van der Waals surface area contributed by atoms with Crippen molar-refractivity contribution in [1.82, 2.24) is 9.97 Å². The lowest BCUT2D eigenvalue weighted by molar-refractivity contribution is -0.0167. The first-order valence-electron chi connectivity index (χ1n) is 7.69. The van der Waals surface area contributed by atoms with Gasteiger partial charge < -0.3 is 19.4 Å². The number of hydrogen-bond donors (Lipinski definition) is 2. The van der Waals surface area contributed by atoms with E-state index < -0.39 is 18.7 Å². The fourth-order valence-corrected chi connectivity index (χ4v) is 2.66. The number of carbonyl (C=O) groups is 2. The zero-order valence-corrected chi connectivity index (χ0v) is 13.1. The summed E-state index contributed by atoms with van der Waals surface area (Å²) in [6.45, 7) is -0.436. The minimum absolute atomic E-state index is 0.400. The SMILES string of the molecule is O=C(OCOC(=O)c1ccc2[nH]ccc2c1)c1ccc2[nH]ccc2c1. The molecule has 0 fully saturated rings. The van der Waals surface area contributed by atoms with Crippen LogP contribution in [0.4, 0.5) is 0 Å². The Bertz CT molecular complexity index is 991. The lowest BCUT2D eigenvalue weighted by Crippen LogP contribution is -2.13. The third-order valence-electron chi connectivity index (χ3n) is 3.96. The molecular weight excluding hydrogens is 320 g/mol. The Morgan fingerprint density at radius 3 is 1.68 bits per heavy atom. The van der Waals surface area contributed by atoms with E-state index in [2.05, 4.69) is 9.97 Å². The molecule has 0 amide bonds. The molecule has 0 atom stereocenters.